The van der Waals surface area contributed by atoms with Gasteiger partial charge in [0.2, 0.25) is 5.91 Å². The normalized spacial score (nSPS) is 14.2. The van der Waals surface area contributed by atoms with Crippen LogP contribution in [-0.4, -0.2) is 11.9 Å². The third-order valence-corrected chi connectivity index (χ3v) is 2.87. The van der Waals surface area contributed by atoms with Crippen molar-refractivity contribution in [1.82, 2.24) is 0 Å². The molecule has 0 saturated carbocycles. The molecule has 94 valence electrons. The Balaban J connectivity index is 2.74. The summed E-state index contributed by atoms with van der Waals surface area (Å²) >= 11 is 0. The molecule has 2 atom stereocenters. The Labute approximate surface area is 101 Å². The number of carbonyl (C=O) groups is 1. The summed E-state index contributed by atoms with van der Waals surface area (Å²) in [7, 11) is 0. The summed E-state index contributed by atoms with van der Waals surface area (Å²) in [5.74, 6) is -0.536. The number of amides is 1. The van der Waals surface area contributed by atoms with Gasteiger partial charge in [-0.3, -0.25) is 4.79 Å². The molecule has 1 aromatic carbocycles. The number of hydrogen-bond acceptors (Lipinski definition) is 2. The molecule has 4 heteroatoms. The molecule has 0 heterocycles. The molecule has 0 aliphatic carbocycles. The van der Waals surface area contributed by atoms with Crippen molar-refractivity contribution < 1.29 is 9.18 Å². The molecular weight excluding hydrogens is 219 g/mol. The van der Waals surface area contributed by atoms with E-state index < -0.39 is 6.04 Å². The second-order valence-corrected chi connectivity index (χ2v) is 4.42. The highest BCUT2D eigenvalue weighted by Gasteiger charge is 2.19. The molecule has 0 bridgehead atoms. The van der Waals surface area contributed by atoms with Gasteiger partial charge in [-0.25, -0.2) is 4.39 Å². The van der Waals surface area contributed by atoms with Gasteiger partial charge in [-0.1, -0.05) is 20.3 Å². The van der Waals surface area contributed by atoms with Crippen LogP contribution in [0.25, 0.3) is 0 Å². The highest BCUT2D eigenvalue weighted by Crippen LogP contribution is 2.14. The van der Waals surface area contributed by atoms with Crippen molar-refractivity contribution in [3.8, 4) is 0 Å². The van der Waals surface area contributed by atoms with E-state index >= 15 is 0 Å². The number of nitrogens with two attached hydrogens (primary N) is 1. The van der Waals surface area contributed by atoms with Crippen molar-refractivity contribution in [2.45, 2.75) is 33.2 Å². The van der Waals surface area contributed by atoms with E-state index in [1.807, 2.05) is 13.8 Å². The van der Waals surface area contributed by atoms with Crippen LogP contribution in [0.4, 0.5) is 10.1 Å². The molecule has 3 nitrogen and oxygen atoms in total. The zero-order valence-electron chi connectivity index (χ0n) is 10.5. The van der Waals surface area contributed by atoms with Gasteiger partial charge in [-0.05, 0) is 36.6 Å². The largest absolute Gasteiger partial charge is 0.325 e. The Morgan fingerprint density at radius 1 is 1.47 bits per heavy atom. The van der Waals surface area contributed by atoms with Crippen molar-refractivity contribution in [1.29, 1.82) is 0 Å². The average Bonchev–Trinajstić information content (AvgIpc) is 2.25. The lowest BCUT2D eigenvalue weighted by Crippen LogP contribution is -2.40. The summed E-state index contributed by atoms with van der Waals surface area (Å²) in [6, 6.07) is 3.84. The third kappa shape index (κ3) is 3.82. The van der Waals surface area contributed by atoms with Crippen molar-refractivity contribution in [2.24, 2.45) is 11.7 Å². The lowest BCUT2D eigenvalue weighted by Gasteiger charge is -2.17. The third-order valence-electron chi connectivity index (χ3n) is 2.87. The van der Waals surface area contributed by atoms with Crippen molar-refractivity contribution in [2.75, 3.05) is 5.32 Å². The van der Waals surface area contributed by atoms with E-state index in [0.717, 1.165) is 12.0 Å². The Hall–Kier alpha value is -1.42. The first-order valence-electron chi connectivity index (χ1n) is 5.77. The standard InChI is InChI=1S/C13H19FN2O/c1-4-9(3)12(15)13(17)16-11-6-8(2)5-10(14)7-11/h5-7,9,12H,4,15H2,1-3H3,(H,16,17). The highest BCUT2D eigenvalue weighted by molar-refractivity contribution is 5.94. The summed E-state index contributed by atoms with van der Waals surface area (Å²) in [6.07, 6.45) is 0.830. The minimum Gasteiger partial charge on any atom is -0.325 e. The van der Waals surface area contributed by atoms with E-state index in [0.29, 0.717) is 5.69 Å². The van der Waals surface area contributed by atoms with Crippen LogP contribution in [0.15, 0.2) is 18.2 Å². The van der Waals surface area contributed by atoms with E-state index in [9.17, 15) is 9.18 Å². The van der Waals surface area contributed by atoms with Crippen LogP contribution in [-0.2, 0) is 4.79 Å². The minimum absolute atomic E-state index is 0.102. The Kier molecular flexibility index (Phi) is 4.63. The zero-order chi connectivity index (χ0) is 13.0. The van der Waals surface area contributed by atoms with E-state index in [1.165, 1.54) is 12.1 Å². The highest BCUT2D eigenvalue weighted by atomic mass is 19.1. The number of hydrogen-bond donors (Lipinski definition) is 2. The van der Waals surface area contributed by atoms with Crippen LogP contribution in [0.3, 0.4) is 0 Å². The molecule has 3 N–H and O–H groups in total. The second-order valence-electron chi connectivity index (χ2n) is 4.42. The molecule has 0 aliphatic heterocycles. The molecule has 0 radical (unpaired) electrons. The lowest BCUT2D eigenvalue weighted by molar-refractivity contribution is -0.118. The maximum Gasteiger partial charge on any atom is 0.241 e. The molecule has 0 aromatic heterocycles. The number of aryl methyl sites for hydroxylation is 1. The monoisotopic (exact) mass is 238 g/mol. The lowest BCUT2D eigenvalue weighted by atomic mass is 9.99. The topological polar surface area (TPSA) is 55.1 Å². The number of rotatable bonds is 4. The van der Waals surface area contributed by atoms with Crippen LogP contribution in [0.5, 0.6) is 0 Å². The van der Waals surface area contributed by atoms with Gasteiger partial charge in [0.15, 0.2) is 0 Å². The van der Waals surface area contributed by atoms with Gasteiger partial charge < -0.3 is 11.1 Å². The molecule has 1 aromatic rings. The fourth-order valence-corrected chi connectivity index (χ4v) is 1.55. The zero-order valence-corrected chi connectivity index (χ0v) is 10.5. The Morgan fingerprint density at radius 2 is 2.12 bits per heavy atom. The first-order valence-corrected chi connectivity index (χ1v) is 5.77. The fourth-order valence-electron chi connectivity index (χ4n) is 1.55. The maximum absolute atomic E-state index is 13.1. The molecule has 17 heavy (non-hydrogen) atoms. The summed E-state index contributed by atoms with van der Waals surface area (Å²) in [5.41, 5.74) is 7.00. The van der Waals surface area contributed by atoms with E-state index in [1.54, 1.807) is 13.0 Å². The van der Waals surface area contributed by atoms with Crippen LogP contribution in [0, 0.1) is 18.7 Å². The van der Waals surface area contributed by atoms with E-state index in [2.05, 4.69) is 5.32 Å². The molecule has 2 unspecified atom stereocenters. The van der Waals surface area contributed by atoms with Gasteiger partial charge in [-0.15, -0.1) is 0 Å². The first kappa shape index (κ1) is 13.6. The summed E-state index contributed by atoms with van der Waals surface area (Å²) in [4.78, 5) is 11.8. The van der Waals surface area contributed by atoms with Gasteiger partial charge in [-0.2, -0.15) is 0 Å². The number of halogens is 1. The molecule has 0 spiro atoms. The molecule has 1 amide bonds. The number of carbonyl (C=O) groups excluding carboxylic acids is 1. The van der Waals surface area contributed by atoms with Crippen LogP contribution >= 0.6 is 0 Å². The van der Waals surface area contributed by atoms with Gasteiger partial charge in [0.05, 0.1) is 6.04 Å². The number of anilines is 1. The SMILES string of the molecule is CCC(C)C(N)C(=O)Nc1cc(C)cc(F)c1. The van der Waals surface area contributed by atoms with Crippen LogP contribution in [0.1, 0.15) is 25.8 Å². The maximum atomic E-state index is 13.1. The van der Waals surface area contributed by atoms with Gasteiger partial charge >= 0.3 is 0 Å². The second kappa shape index (κ2) is 5.77. The predicted molar refractivity (Wildman–Crippen MR) is 67.2 cm³/mol. The van der Waals surface area contributed by atoms with Gasteiger partial charge in [0.1, 0.15) is 5.82 Å². The van der Waals surface area contributed by atoms with E-state index in [4.69, 9.17) is 5.73 Å². The van der Waals surface area contributed by atoms with Crippen LogP contribution < -0.4 is 11.1 Å². The molecule has 1 rings (SSSR count). The predicted octanol–water partition coefficient (Wildman–Crippen LogP) is 2.45. The fraction of sp³-hybridized carbons (Fsp3) is 0.462. The van der Waals surface area contributed by atoms with Gasteiger partial charge in [0, 0.05) is 5.69 Å². The van der Waals surface area contributed by atoms with Crippen molar-refractivity contribution in [3.05, 3.63) is 29.6 Å². The quantitative estimate of drug-likeness (QED) is 0.846. The first-order chi connectivity index (χ1) is 7.93. The van der Waals surface area contributed by atoms with Crippen LogP contribution in [0.2, 0.25) is 0 Å². The molecule has 0 fully saturated rings. The summed E-state index contributed by atoms with van der Waals surface area (Å²) in [5, 5.41) is 2.63. The Morgan fingerprint density at radius 3 is 2.65 bits per heavy atom. The van der Waals surface area contributed by atoms with Gasteiger partial charge in [0.25, 0.3) is 0 Å². The van der Waals surface area contributed by atoms with Crippen molar-refractivity contribution in [3.63, 3.8) is 0 Å². The minimum atomic E-state index is -0.566. The average molecular weight is 238 g/mol. The molecule has 0 aliphatic rings. The summed E-state index contributed by atoms with van der Waals surface area (Å²) in [6.45, 7) is 5.67. The smallest absolute Gasteiger partial charge is 0.241 e. The number of benzene rings is 1. The molecule has 0 saturated heterocycles. The Bertz CT molecular complexity index is 386. The number of nitrogens with one attached hydrogen (secondary N) is 1. The van der Waals surface area contributed by atoms with E-state index in [-0.39, 0.29) is 17.6 Å². The molecular formula is C13H19FN2O. The summed E-state index contributed by atoms with van der Waals surface area (Å²) < 4.78 is 13.1. The van der Waals surface area contributed by atoms with Crippen molar-refractivity contribution >= 4 is 11.6 Å².